The number of rotatable bonds is 5. The predicted molar refractivity (Wildman–Crippen MR) is 72.7 cm³/mol. The molecule has 0 atom stereocenters. The molecule has 19 heavy (non-hydrogen) atoms. The van der Waals surface area contributed by atoms with Gasteiger partial charge < -0.3 is 10.1 Å². The number of hydrogen-bond donors (Lipinski definition) is 1. The van der Waals surface area contributed by atoms with Crippen molar-refractivity contribution in [2.45, 2.75) is 50.7 Å². The minimum atomic E-state index is 0.141. The summed E-state index contributed by atoms with van der Waals surface area (Å²) in [6.45, 7) is 0. The van der Waals surface area contributed by atoms with Gasteiger partial charge >= 0.3 is 0 Å². The zero-order chi connectivity index (χ0) is 13.7. The quantitative estimate of drug-likeness (QED) is 0.876. The van der Waals surface area contributed by atoms with Crippen LogP contribution in [0.3, 0.4) is 0 Å². The van der Waals surface area contributed by atoms with E-state index in [0.717, 1.165) is 37.8 Å². The number of carbonyl (C=O) groups excluding carboxylic acids is 1. The summed E-state index contributed by atoms with van der Waals surface area (Å²) in [5.41, 5.74) is 1.10. The van der Waals surface area contributed by atoms with E-state index in [1.54, 1.807) is 13.3 Å². The number of hydrogen-bond acceptors (Lipinski definition) is 3. The molecule has 1 N–H and O–H groups in total. The van der Waals surface area contributed by atoms with Crippen molar-refractivity contribution in [1.82, 2.24) is 15.1 Å². The molecule has 1 aliphatic carbocycles. The Hall–Kier alpha value is -1.36. The van der Waals surface area contributed by atoms with Crippen LogP contribution in [-0.4, -0.2) is 34.9 Å². The fourth-order valence-corrected chi connectivity index (χ4v) is 2.63. The monoisotopic (exact) mass is 265 g/mol. The number of aryl methyl sites for hydroxylation is 2. The second-order valence-corrected chi connectivity index (χ2v) is 5.22. The zero-order valence-corrected chi connectivity index (χ0v) is 11.8. The third-order valence-electron chi connectivity index (χ3n) is 3.90. The predicted octanol–water partition coefficient (Wildman–Crippen LogP) is 1.43. The molecular weight excluding hydrogens is 242 g/mol. The molecule has 1 aliphatic rings. The number of amides is 1. The Kier molecular flexibility index (Phi) is 4.96. The molecule has 0 aliphatic heterocycles. The van der Waals surface area contributed by atoms with Crippen LogP contribution in [0.1, 0.15) is 37.8 Å². The number of aromatic nitrogens is 2. The minimum absolute atomic E-state index is 0.141. The highest BCUT2D eigenvalue weighted by Gasteiger charge is 2.21. The number of nitrogens with zero attached hydrogens (tertiary/aromatic N) is 2. The van der Waals surface area contributed by atoms with Crippen LogP contribution in [0.25, 0.3) is 0 Å². The average Bonchev–Trinajstić information content (AvgIpc) is 2.83. The number of nitrogens with one attached hydrogen (secondary N) is 1. The lowest BCUT2D eigenvalue weighted by molar-refractivity contribution is -0.122. The van der Waals surface area contributed by atoms with Gasteiger partial charge in [0.05, 0.1) is 6.10 Å². The van der Waals surface area contributed by atoms with Crippen LogP contribution in [0.5, 0.6) is 0 Å². The molecule has 0 bridgehead atoms. The largest absolute Gasteiger partial charge is 0.381 e. The average molecular weight is 265 g/mol. The van der Waals surface area contributed by atoms with Crippen molar-refractivity contribution in [3.05, 3.63) is 18.0 Å². The Morgan fingerprint density at radius 3 is 2.79 bits per heavy atom. The molecule has 1 saturated carbocycles. The lowest BCUT2D eigenvalue weighted by Crippen LogP contribution is -2.39. The van der Waals surface area contributed by atoms with Crippen molar-refractivity contribution in [2.75, 3.05) is 7.11 Å². The van der Waals surface area contributed by atoms with E-state index in [1.807, 2.05) is 17.8 Å². The fraction of sp³-hybridized carbons (Fsp3) is 0.714. The van der Waals surface area contributed by atoms with Gasteiger partial charge in [-0.1, -0.05) is 0 Å². The molecule has 0 spiro atoms. The molecule has 1 fully saturated rings. The molecule has 2 rings (SSSR count). The maximum atomic E-state index is 11.9. The van der Waals surface area contributed by atoms with Crippen LogP contribution in [0.2, 0.25) is 0 Å². The highest BCUT2D eigenvalue weighted by Crippen LogP contribution is 2.20. The Morgan fingerprint density at radius 2 is 2.21 bits per heavy atom. The van der Waals surface area contributed by atoms with Gasteiger partial charge in [0.25, 0.3) is 0 Å². The van der Waals surface area contributed by atoms with Gasteiger partial charge in [0.1, 0.15) is 0 Å². The van der Waals surface area contributed by atoms with Crippen molar-refractivity contribution in [2.24, 2.45) is 7.05 Å². The summed E-state index contributed by atoms with van der Waals surface area (Å²) in [4.78, 5) is 11.9. The van der Waals surface area contributed by atoms with Crippen LogP contribution in [0.4, 0.5) is 0 Å². The normalized spacial score (nSPS) is 23.3. The maximum Gasteiger partial charge on any atom is 0.220 e. The highest BCUT2D eigenvalue weighted by molar-refractivity contribution is 5.76. The Balaban J connectivity index is 1.69. The summed E-state index contributed by atoms with van der Waals surface area (Å²) in [5, 5.41) is 7.22. The maximum absolute atomic E-state index is 11.9. The standard InChI is InChI=1S/C14H23N3O2/c1-17-12(9-10-15-17)5-8-14(18)16-11-3-6-13(19-2)7-4-11/h9-11,13H,3-8H2,1-2H3,(H,16,18). The second kappa shape index (κ2) is 6.70. The van der Waals surface area contributed by atoms with Crippen molar-refractivity contribution in [3.63, 3.8) is 0 Å². The van der Waals surface area contributed by atoms with Crippen molar-refractivity contribution in [1.29, 1.82) is 0 Å². The summed E-state index contributed by atoms with van der Waals surface area (Å²) in [6.07, 6.45) is 7.56. The number of carbonyl (C=O) groups is 1. The van der Waals surface area contributed by atoms with Gasteiger partial charge in [-0.3, -0.25) is 9.48 Å². The summed E-state index contributed by atoms with van der Waals surface area (Å²) < 4.78 is 7.15. The van der Waals surface area contributed by atoms with E-state index >= 15 is 0 Å². The van der Waals surface area contributed by atoms with E-state index < -0.39 is 0 Å². The molecule has 1 heterocycles. The second-order valence-electron chi connectivity index (χ2n) is 5.22. The van der Waals surface area contributed by atoms with Gasteiger partial charge in [-0.15, -0.1) is 0 Å². The van der Waals surface area contributed by atoms with E-state index in [4.69, 9.17) is 4.74 Å². The highest BCUT2D eigenvalue weighted by atomic mass is 16.5. The Morgan fingerprint density at radius 1 is 1.47 bits per heavy atom. The van der Waals surface area contributed by atoms with Crippen molar-refractivity contribution >= 4 is 5.91 Å². The molecule has 5 heteroatoms. The smallest absolute Gasteiger partial charge is 0.220 e. The molecule has 0 saturated heterocycles. The van der Waals surface area contributed by atoms with Crippen LogP contribution in [0.15, 0.2) is 12.3 Å². The van der Waals surface area contributed by atoms with Crippen LogP contribution < -0.4 is 5.32 Å². The SMILES string of the molecule is COC1CCC(NC(=O)CCc2ccnn2C)CC1. The summed E-state index contributed by atoms with van der Waals surface area (Å²) in [7, 11) is 3.66. The van der Waals surface area contributed by atoms with E-state index in [-0.39, 0.29) is 5.91 Å². The summed E-state index contributed by atoms with van der Waals surface area (Å²) >= 11 is 0. The van der Waals surface area contributed by atoms with Gasteiger partial charge in [-0.2, -0.15) is 5.10 Å². The molecule has 106 valence electrons. The van der Waals surface area contributed by atoms with Crippen molar-refractivity contribution < 1.29 is 9.53 Å². The number of methoxy groups -OCH3 is 1. The lowest BCUT2D eigenvalue weighted by atomic mass is 9.93. The summed E-state index contributed by atoms with van der Waals surface area (Å²) in [5.74, 6) is 0.141. The summed E-state index contributed by atoms with van der Waals surface area (Å²) in [6, 6.07) is 2.28. The zero-order valence-electron chi connectivity index (χ0n) is 11.8. The van der Waals surface area contributed by atoms with E-state index in [2.05, 4.69) is 10.4 Å². The van der Waals surface area contributed by atoms with Gasteiger partial charge in [0, 0.05) is 38.5 Å². The molecular formula is C14H23N3O2. The van der Waals surface area contributed by atoms with Gasteiger partial charge in [0.15, 0.2) is 0 Å². The lowest BCUT2D eigenvalue weighted by Gasteiger charge is -2.28. The van der Waals surface area contributed by atoms with Gasteiger partial charge in [-0.05, 0) is 38.2 Å². The molecule has 0 radical (unpaired) electrons. The van der Waals surface area contributed by atoms with Crippen LogP contribution in [-0.2, 0) is 23.0 Å². The molecule has 0 aromatic carbocycles. The first-order valence-electron chi connectivity index (χ1n) is 6.98. The Bertz CT molecular complexity index is 409. The van der Waals surface area contributed by atoms with E-state index in [1.165, 1.54) is 0 Å². The first kappa shape index (κ1) is 14.1. The topological polar surface area (TPSA) is 56.1 Å². The number of ether oxygens (including phenoxy) is 1. The first-order chi connectivity index (χ1) is 9.19. The molecule has 5 nitrogen and oxygen atoms in total. The van der Waals surface area contributed by atoms with Crippen LogP contribution >= 0.6 is 0 Å². The molecule has 0 unspecified atom stereocenters. The third-order valence-corrected chi connectivity index (χ3v) is 3.90. The third kappa shape index (κ3) is 4.06. The first-order valence-corrected chi connectivity index (χ1v) is 6.98. The molecule has 1 aromatic heterocycles. The van der Waals surface area contributed by atoms with Gasteiger partial charge in [-0.25, -0.2) is 0 Å². The minimum Gasteiger partial charge on any atom is -0.381 e. The molecule has 1 amide bonds. The van der Waals surface area contributed by atoms with Crippen molar-refractivity contribution in [3.8, 4) is 0 Å². The van der Waals surface area contributed by atoms with Gasteiger partial charge in [0.2, 0.25) is 5.91 Å². The Labute approximate surface area is 114 Å². The van der Waals surface area contributed by atoms with E-state index in [0.29, 0.717) is 18.6 Å². The fourth-order valence-electron chi connectivity index (χ4n) is 2.63. The van der Waals surface area contributed by atoms with Crippen LogP contribution in [0, 0.1) is 0 Å². The van der Waals surface area contributed by atoms with E-state index in [9.17, 15) is 4.79 Å². The molecule has 1 aromatic rings.